The maximum absolute atomic E-state index is 13.5. The van der Waals surface area contributed by atoms with Gasteiger partial charge in [-0.3, -0.25) is 9.36 Å². The first-order valence-corrected chi connectivity index (χ1v) is 11.5. The van der Waals surface area contributed by atoms with Crippen molar-refractivity contribution in [3.05, 3.63) is 83.3 Å². The molecule has 1 aromatic carbocycles. The molecule has 0 aliphatic carbocycles. The first-order chi connectivity index (χ1) is 15.3. The van der Waals surface area contributed by atoms with Gasteiger partial charge in [-0.2, -0.15) is 0 Å². The van der Waals surface area contributed by atoms with E-state index in [-0.39, 0.29) is 11.7 Å². The van der Waals surface area contributed by atoms with Gasteiger partial charge in [-0.1, -0.05) is 29.5 Å². The van der Waals surface area contributed by atoms with E-state index in [0.717, 1.165) is 0 Å². The highest BCUT2D eigenvalue weighted by Gasteiger charge is 2.34. The summed E-state index contributed by atoms with van der Waals surface area (Å²) in [5.74, 6) is 0.583. The van der Waals surface area contributed by atoms with Gasteiger partial charge in [-0.15, -0.1) is 0 Å². The van der Waals surface area contributed by atoms with Crippen molar-refractivity contribution >= 4 is 39.3 Å². The van der Waals surface area contributed by atoms with Gasteiger partial charge in [0.25, 0.3) is 5.56 Å². The molecule has 0 saturated heterocycles. The van der Waals surface area contributed by atoms with E-state index in [1.54, 1.807) is 25.1 Å². The van der Waals surface area contributed by atoms with E-state index in [2.05, 4.69) is 20.9 Å². The molecule has 7 nitrogen and oxygen atoms in total. The predicted molar refractivity (Wildman–Crippen MR) is 124 cm³/mol. The van der Waals surface area contributed by atoms with Crippen molar-refractivity contribution in [3.63, 3.8) is 0 Å². The Morgan fingerprint density at radius 2 is 2.03 bits per heavy atom. The van der Waals surface area contributed by atoms with Gasteiger partial charge in [0.1, 0.15) is 17.6 Å². The summed E-state index contributed by atoms with van der Waals surface area (Å²) < 4.78 is 19.1. The average Bonchev–Trinajstić information content (AvgIpc) is 3.29. The van der Waals surface area contributed by atoms with Crippen molar-refractivity contribution in [2.75, 3.05) is 7.11 Å². The number of furan rings is 1. The van der Waals surface area contributed by atoms with E-state index >= 15 is 0 Å². The number of hydrogen-bond donors (Lipinski definition) is 0. The Morgan fingerprint density at radius 1 is 1.28 bits per heavy atom. The zero-order chi connectivity index (χ0) is 23.0. The lowest BCUT2D eigenvalue weighted by Gasteiger charge is -2.26. The molecule has 1 aliphatic rings. The highest BCUT2D eigenvalue weighted by molar-refractivity contribution is 9.10. The Balaban J connectivity index is 2.00. The Labute approximate surface area is 196 Å². The summed E-state index contributed by atoms with van der Waals surface area (Å²) in [6.07, 6.45) is 1.58. The van der Waals surface area contributed by atoms with E-state index in [9.17, 15) is 9.59 Å². The summed E-state index contributed by atoms with van der Waals surface area (Å²) in [5.41, 5.74) is 1.20. The van der Waals surface area contributed by atoms with Crippen LogP contribution in [0.4, 0.5) is 0 Å². The van der Waals surface area contributed by atoms with Gasteiger partial charge in [-0.25, -0.2) is 9.79 Å². The molecule has 1 atom stereocenters. The third-order valence-electron chi connectivity index (χ3n) is 4.87. The number of esters is 1. The molecule has 4 rings (SSSR count). The van der Waals surface area contributed by atoms with Crippen LogP contribution in [0.15, 0.2) is 66.5 Å². The fourth-order valence-corrected chi connectivity index (χ4v) is 4.94. The second-order valence-corrected chi connectivity index (χ2v) is 9.21. The summed E-state index contributed by atoms with van der Waals surface area (Å²) in [6.45, 7) is 5.59. The summed E-state index contributed by atoms with van der Waals surface area (Å²) in [6, 6.07) is 10.2. The monoisotopic (exact) mass is 516 g/mol. The van der Waals surface area contributed by atoms with Crippen LogP contribution in [0.5, 0.6) is 5.75 Å². The second-order valence-electron chi connectivity index (χ2n) is 7.42. The number of aromatic nitrogens is 1. The zero-order valence-electron chi connectivity index (χ0n) is 17.9. The highest BCUT2D eigenvalue weighted by Crippen LogP contribution is 2.36. The van der Waals surface area contributed by atoms with E-state index in [1.165, 1.54) is 23.0 Å². The smallest absolute Gasteiger partial charge is 0.338 e. The third-order valence-corrected chi connectivity index (χ3v) is 6.28. The molecule has 0 saturated carbocycles. The van der Waals surface area contributed by atoms with Gasteiger partial charge in [-0.05, 0) is 54.9 Å². The highest BCUT2D eigenvalue weighted by atomic mass is 79.9. The van der Waals surface area contributed by atoms with E-state index in [1.807, 2.05) is 38.1 Å². The lowest BCUT2D eigenvalue weighted by molar-refractivity contribution is -0.136. The van der Waals surface area contributed by atoms with E-state index < -0.39 is 12.0 Å². The van der Waals surface area contributed by atoms with Crippen molar-refractivity contribution in [1.82, 2.24) is 4.57 Å². The van der Waals surface area contributed by atoms with Crippen LogP contribution in [0, 0.1) is 0 Å². The lowest BCUT2D eigenvalue weighted by atomic mass is 9.95. The first-order valence-electron chi connectivity index (χ1n) is 9.92. The van der Waals surface area contributed by atoms with Crippen LogP contribution in [0.2, 0.25) is 0 Å². The van der Waals surface area contributed by atoms with Gasteiger partial charge in [0.2, 0.25) is 0 Å². The SMILES string of the molecule is COC(=O)C1=C(C)N=c2sc(=Cc3ccc(Br)o3)c(=O)n2C1c1ccccc1OC(C)C. The molecule has 0 N–H and O–H groups in total. The first kappa shape index (κ1) is 22.3. The van der Waals surface area contributed by atoms with Gasteiger partial charge in [0.05, 0.1) is 29.0 Å². The number of fused-ring (bicyclic) bond motifs is 1. The Morgan fingerprint density at radius 3 is 2.69 bits per heavy atom. The molecule has 0 bridgehead atoms. The van der Waals surface area contributed by atoms with Crippen molar-refractivity contribution in [2.24, 2.45) is 4.99 Å². The lowest BCUT2D eigenvalue weighted by Crippen LogP contribution is -2.40. The molecule has 1 unspecified atom stereocenters. The van der Waals surface area contributed by atoms with Crippen LogP contribution in [0.25, 0.3) is 6.08 Å². The standard InChI is InChI=1S/C23H21BrN2O5S/c1-12(2)30-16-8-6-5-7-15(16)20-19(22(28)29-4)13(3)25-23-26(20)21(27)17(32-23)11-14-9-10-18(24)31-14/h5-12,20H,1-4H3. The fraction of sp³-hybridized carbons (Fsp3) is 0.261. The minimum atomic E-state index is -0.737. The molecule has 32 heavy (non-hydrogen) atoms. The quantitative estimate of drug-likeness (QED) is 0.484. The van der Waals surface area contributed by atoms with Crippen LogP contribution >= 0.6 is 27.3 Å². The summed E-state index contributed by atoms with van der Waals surface area (Å²) in [5, 5.41) is 0. The number of carbonyl (C=O) groups excluding carboxylic acids is 1. The molecule has 166 valence electrons. The van der Waals surface area contributed by atoms with Crippen LogP contribution in [0.3, 0.4) is 0 Å². The number of thiazole rings is 1. The Bertz CT molecular complexity index is 1400. The number of rotatable bonds is 5. The number of nitrogens with zero attached hydrogens (tertiary/aromatic N) is 2. The third kappa shape index (κ3) is 4.10. The van der Waals surface area contributed by atoms with Crippen molar-refractivity contribution in [2.45, 2.75) is 32.9 Å². The number of methoxy groups -OCH3 is 1. The van der Waals surface area contributed by atoms with Crippen LogP contribution < -0.4 is 19.6 Å². The van der Waals surface area contributed by atoms with E-state index in [4.69, 9.17) is 13.9 Å². The van der Waals surface area contributed by atoms with Crippen LogP contribution in [-0.4, -0.2) is 23.8 Å². The van der Waals surface area contributed by atoms with Crippen LogP contribution in [-0.2, 0) is 9.53 Å². The van der Waals surface area contributed by atoms with Crippen molar-refractivity contribution in [3.8, 4) is 5.75 Å². The number of benzene rings is 1. The van der Waals surface area contributed by atoms with Gasteiger partial charge in [0.15, 0.2) is 9.47 Å². The fourth-order valence-electron chi connectivity index (χ4n) is 3.59. The minimum absolute atomic E-state index is 0.0870. The molecule has 0 radical (unpaired) electrons. The van der Waals surface area contributed by atoms with Gasteiger partial charge in [0, 0.05) is 11.6 Å². The second kappa shape index (κ2) is 8.91. The summed E-state index contributed by atoms with van der Waals surface area (Å²) >= 11 is 4.51. The Kier molecular flexibility index (Phi) is 6.21. The van der Waals surface area contributed by atoms with Crippen molar-refractivity contribution in [1.29, 1.82) is 0 Å². The number of hydrogen-bond acceptors (Lipinski definition) is 7. The van der Waals surface area contributed by atoms with Crippen LogP contribution in [0.1, 0.15) is 38.1 Å². The topological polar surface area (TPSA) is 83.0 Å². The molecule has 0 spiro atoms. The number of allylic oxidation sites excluding steroid dienone is 1. The number of carbonyl (C=O) groups is 1. The summed E-state index contributed by atoms with van der Waals surface area (Å²) in [7, 11) is 1.32. The largest absolute Gasteiger partial charge is 0.491 e. The van der Waals surface area contributed by atoms with Gasteiger partial charge < -0.3 is 13.9 Å². The predicted octanol–water partition coefficient (Wildman–Crippen LogP) is 3.55. The molecule has 2 aromatic heterocycles. The molecular weight excluding hydrogens is 496 g/mol. The van der Waals surface area contributed by atoms with Gasteiger partial charge >= 0.3 is 5.97 Å². The Hall–Kier alpha value is -2.91. The number of ether oxygens (including phenoxy) is 2. The molecular formula is C23H21BrN2O5S. The molecule has 9 heteroatoms. The number of para-hydroxylation sites is 1. The molecule has 3 heterocycles. The zero-order valence-corrected chi connectivity index (χ0v) is 20.3. The molecule has 0 fully saturated rings. The maximum atomic E-state index is 13.5. The molecule has 3 aromatic rings. The maximum Gasteiger partial charge on any atom is 0.338 e. The number of halogens is 1. The normalized spacial score (nSPS) is 16.2. The molecule has 1 aliphatic heterocycles. The van der Waals surface area contributed by atoms with Crippen molar-refractivity contribution < 1.29 is 18.7 Å². The average molecular weight is 517 g/mol. The molecule has 0 amide bonds. The minimum Gasteiger partial charge on any atom is -0.491 e. The summed E-state index contributed by atoms with van der Waals surface area (Å²) in [4.78, 5) is 31.4. The van der Waals surface area contributed by atoms with E-state index in [0.29, 0.717) is 42.3 Å².